The molecule has 0 saturated carbocycles. The second-order valence-electron chi connectivity index (χ2n) is 6.07. The number of allylic oxidation sites excluding steroid dienone is 2. The molecule has 1 aromatic rings. The van der Waals surface area contributed by atoms with Crippen LogP contribution in [0.5, 0.6) is 0 Å². The molecule has 1 heterocycles. The Labute approximate surface area is 149 Å². The van der Waals surface area contributed by atoms with E-state index in [9.17, 15) is 23.3 Å². The second-order valence-corrected chi connectivity index (χ2v) is 6.07. The Hall–Kier alpha value is -2.55. The van der Waals surface area contributed by atoms with Crippen molar-refractivity contribution >= 4 is 16.9 Å². The van der Waals surface area contributed by atoms with Crippen molar-refractivity contribution in [2.24, 2.45) is 0 Å². The summed E-state index contributed by atoms with van der Waals surface area (Å²) in [5.41, 5.74) is 2.93. The van der Waals surface area contributed by atoms with E-state index >= 15 is 0 Å². The standard InChI is InChI=1S/C17H20F3N3O3/c1-12-7-14(10-22(2)9-12)13-3-4-16(23(24)25)15(8-13)21-5-6-26-11-17(18,19)20/h3-4,7-8,10,21H,5-6,9,11H2,1-2H3. The van der Waals surface area contributed by atoms with Crippen molar-refractivity contribution in [1.29, 1.82) is 0 Å². The first kappa shape index (κ1) is 19.8. The fourth-order valence-corrected chi connectivity index (χ4v) is 2.64. The van der Waals surface area contributed by atoms with Crippen LogP contribution in [0, 0.1) is 10.1 Å². The molecule has 0 spiro atoms. The van der Waals surface area contributed by atoms with Crippen LogP contribution in [-0.2, 0) is 4.74 Å². The minimum atomic E-state index is -4.39. The fraction of sp³-hybridized carbons (Fsp3) is 0.412. The number of benzene rings is 1. The number of nitro benzene ring substituents is 1. The molecule has 1 N–H and O–H groups in total. The lowest BCUT2D eigenvalue weighted by Crippen LogP contribution is -2.20. The van der Waals surface area contributed by atoms with Crippen molar-refractivity contribution in [3.8, 4) is 0 Å². The molecule has 0 bridgehead atoms. The molecule has 9 heteroatoms. The van der Waals surface area contributed by atoms with Gasteiger partial charge in [0, 0.05) is 32.4 Å². The Morgan fingerprint density at radius 1 is 1.38 bits per heavy atom. The van der Waals surface area contributed by atoms with Crippen molar-refractivity contribution in [1.82, 2.24) is 4.90 Å². The first-order valence-electron chi connectivity index (χ1n) is 7.92. The van der Waals surface area contributed by atoms with Gasteiger partial charge in [0.2, 0.25) is 0 Å². The molecule has 0 aromatic heterocycles. The molecular weight excluding hydrogens is 351 g/mol. The lowest BCUT2D eigenvalue weighted by Gasteiger charge is -2.22. The van der Waals surface area contributed by atoms with Crippen LogP contribution in [0.1, 0.15) is 12.5 Å². The predicted octanol–water partition coefficient (Wildman–Crippen LogP) is 3.82. The third kappa shape index (κ3) is 5.76. The molecule has 26 heavy (non-hydrogen) atoms. The Morgan fingerprint density at radius 2 is 2.12 bits per heavy atom. The number of nitrogens with zero attached hydrogens (tertiary/aromatic N) is 2. The van der Waals surface area contributed by atoms with Gasteiger partial charge in [-0.05, 0) is 30.2 Å². The highest BCUT2D eigenvalue weighted by atomic mass is 19.4. The lowest BCUT2D eigenvalue weighted by atomic mass is 10.0. The van der Waals surface area contributed by atoms with Gasteiger partial charge in [-0.2, -0.15) is 13.2 Å². The van der Waals surface area contributed by atoms with Crippen molar-refractivity contribution in [2.45, 2.75) is 13.1 Å². The third-order valence-corrected chi connectivity index (χ3v) is 3.61. The summed E-state index contributed by atoms with van der Waals surface area (Å²) in [4.78, 5) is 12.7. The minimum absolute atomic E-state index is 0.0220. The zero-order chi connectivity index (χ0) is 19.3. The quantitative estimate of drug-likeness (QED) is 0.448. The summed E-state index contributed by atoms with van der Waals surface area (Å²) >= 11 is 0. The molecule has 0 saturated heterocycles. The van der Waals surface area contributed by atoms with Gasteiger partial charge in [-0.1, -0.05) is 11.6 Å². The van der Waals surface area contributed by atoms with Gasteiger partial charge in [-0.25, -0.2) is 0 Å². The Bertz CT molecular complexity index is 730. The average Bonchev–Trinajstić information content (AvgIpc) is 2.52. The summed E-state index contributed by atoms with van der Waals surface area (Å²) in [6.07, 6.45) is -0.461. The van der Waals surface area contributed by atoms with Crippen LogP contribution in [0.2, 0.25) is 0 Å². The van der Waals surface area contributed by atoms with Crippen molar-refractivity contribution in [3.63, 3.8) is 0 Å². The third-order valence-electron chi connectivity index (χ3n) is 3.61. The average molecular weight is 371 g/mol. The van der Waals surface area contributed by atoms with E-state index < -0.39 is 17.7 Å². The number of alkyl halides is 3. The van der Waals surface area contributed by atoms with Gasteiger partial charge in [0.05, 0.1) is 11.5 Å². The smallest absolute Gasteiger partial charge is 0.377 e. The highest BCUT2D eigenvalue weighted by molar-refractivity contribution is 5.79. The van der Waals surface area contributed by atoms with E-state index in [4.69, 9.17) is 0 Å². The van der Waals surface area contributed by atoms with Gasteiger partial charge in [-0.15, -0.1) is 0 Å². The summed E-state index contributed by atoms with van der Waals surface area (Å²) in [6, 6.07) is 4.65. The zero-order valence-corrected chi connectivity index (χ0v) is 14.5. The molecule has 142 valence electrons. The summed E-state index contributed by atoms with van der Waals surface area (Å²) in [5.74, 6) is 0. The van der Waals surface area contributed by atoms with Crippen LogP contribution in [0.25, 0.3) is 5.57 Å². The molecule has 0 aliphatic carbocycles. The van der Waals surface area contributed by atoms with Crippen LogP contribution < -0.4 is 5.32 Å². The predicted molar refractivity (Wildman–Crippen MR) is 92.8 cm³/mol. The SMILES string of the molecule is CC1=CC(c2ccc([N+](=O)[O-])c(NCCOCC(F)(F)F)c2)=CN(C)C1. The van der Waals surface area contributed by atoms with E-state index in [1.54, 1.807) is 12.1 Å². The molecule has 0 unspecified atom stereocenters. The van der Waals surface area contributed by atoms with Gasteiger partial charge in [-0.3, -0.25) is 10.1 Å². The lowest BCUT2D eigenvalue weighted by molar-refractivity contribution is -0.384. The number of hydrogen-bond donors (Lipinski definition) is 1. The largest absolute Gasteiger partial charge is 0.411 e. The molecule has 0 amide bonds. The summed E-state index contributed by atoms with van der Waals surface area (Å²) in [7, 11) is 1.93. The van der Waals surface area contributed by atoms with Crippen molar-refractivity contribution < 1.29 is 22.8 Å². The minimum Gasteiger partial charge on any atom is -0.377 e. The van der Waals surface area contributed by atoms with E-state index in [1.165, 1.54) is 6.07 Å². The van der Waals surface area contributed by atoms with Gasteiger partial charge in [0.1, 0.15) is 12.3 Å². The molecular formula is C17H20F3N3O3. The number of likely N-dealkylation sites (N-methyl/N-ethyl adjacent to an activating group) is 1. The van der Waals surface area contributed by atoms with Crippen LogP contribution in [0.4, 0.5) is 24.5 Å². The number of nitrogens with one attached hydrogen (secondary N) is 1. The molecule has 1 aromatic carbocycles. The first-order chi connectivity index (χ1) is 12.2. The Balaban J connectivity index is 2.12. The van der Waals surface area contributed by atoms with E-state index in [2.05, 4.69) is 10.1 Å². The van der Waals surface area contributed by atoms with Crippen molar-refractivity contribution in [3.05, 3.63) is 51.7 Å². The van der Waals surface area contributed by atoms with E-state index in [-0.39, 0.29) is 24.5 Å². The molecule has 6 nitrogen and oxygen atoms in total. The maximum absolute atomic E-state index is 12.0. The van der Waals surface area contributed by atoms with Gasteiger partial charge < -0.3 is 15.0 Å². The summed E-state index contributed by atoms with van der Waals surface area (Å²) in [6.45, 7) is 1.25. The van der Waals surface area contributed by atoms with E-state index in [0.717, 1.165) is 23.3 Å². The maximum atomic E-state index is 12.0. The number of ether oxygens (including phenoxy) is 1. The molecule has 1 aliphatic heterocycles. The van der Waals surface area contributed by atoms with Crippen LogP contribution in [0.3, 0.4) is 0 Å². The number of anilines is 1. The van der Waals surface area contributed by atoms with E-state index in [0.29, 0.717) is 0 Å². The van der Waals surface area contributed by atoms with Gasteiger partial charge >= 0.3 is 6.18 Å². The monoisotopic (exact) mass is 371 g/mol. The van der Waals surface area contributed by atoms with Crippen molar-refractivity contribution in [2.75, 3.05) is 38.7 Å². The second kappa shape index (κ2) is 8.22. The molecule has 2 rings (SSSR count). The molecule has 0 fully saturated rings. The number of nitro groups is 1. The van der Waals surface area contributed by atoms with Crippen LogP contribution >= 0.6 is 0 Å². The zero-order valence-electron chi connectivity index (χ0n) is 14.5. The highest BCUT2D eigenvalue weighted by Crippen LogP contribution is 2.30. The summed E-state index contributed by atoms with van der Waals surface area (Å²) in [5, 5.41) is 14.0. The van der Waals surface area contributed by atoms with E-state index in [1.807, 2.05) is 31.1 Å². The normalized spacial score (nSPS) is 14.7. The fourth-order valence-electron chi connectivity index (χ4n) is 2.64. The summed E-state index contributed by atoms with van der Waals surface area (Å²) < 4.78 is 40.7. The molecule has 0 atom stereocenters. The highest BCUT2D eigenvalue weighted by Gasteiger charge is 2.27. The van der Waals surface area contributed by atoms with Gasteiger partial charge in [0.15, 0.2) is 0 Å². The Kier molecular flexibility index (Phi) is 6.25. The number of halogens is 3. The number of hydrogen-bond acceptors (Lipinski definition) is 5. The van der Waals surface area contributed by atoms with Crippen LogP contribution in [0.15, 0.2) is 36.0 Å². The first-order valence-corrected chi connectivity index (χ1v) is 7.92. The number of rotatable bonds is 7. The molecule has 1 aliphatic rings. The van der Waals surface area contributed by atoms with Gasteiger partial charge in [0.25, 0.3) is 5.69 Å². The van der Waals surface area contributed by atoms with Crippen LogP contribution in [-0.4, -0.2) is 49.4 Å². The maximum Gasteiger partial charge on any atom is 0.411 e. The Morgan fingerprint density at radius 3 is 2.73 bits per heavy atom. The molecule has 0 radical (unpaired) electrons. The topological polar surface area (TPSA) is 67.6 Å².